The summed E-state index contributed by atoms with van der Waals surface area (Å²) in [4.78, 5) is 21.0. The molecule has 0 aliphatic heterocycles. The minimum Gasteiger partial charge on any atom is -0.465 e. The standard InChI is InChI=1S/C20H18ClN3O2/c1-26-20(25)16-7-5-14(24-19(16)12-2-3-12)11-23-17-8-9-22-18-10-13(21)4-6-15(17)18/h4-10,12H,2-3,11H2,1H3,(H,22,23). The lowest BCUT2D eigenvalue weighted by Crippen LogP contribution is -2.10. The summed E-state index contributed by atoms with van der Waals surface area (Å²) in [7, 11) is 1.40. The second kappa shape index (κ2) is 6.92. The summed E-state index contributed by atoms with van der Waals surface area (Å²) in [5, 5.41) is 5.08. The first-order chi connectivity index (χ1) is 12.7. The molecule has 4 rings (SSSR count). The summed E-state index contributed by atoms with van der Waals surface area (Å²) in [5.74, 6) is 0.0452. The van der Waals surface area contributed by atoms with Crippen LogP contribution in [0.15, 0.2) is 42.6 Å². The smallest absolute Gasteiger partial charge is 0.339 e. The van der Waals surface area contributed by atoms with Crippen LogP contribution >= 0.6 is 11.6 Å². The second-order valence-corrected chi connectivity index (χ2v) is 6.81. The topological polar surface area (TPSA) is 64.1 Å². The van der Waals surface area contributed by atoms with Crippen molar-refractivity contribution in [1.82, 2.24) is 9.97 Å². The second-order valence-electron chi connectivity index (χ2n) is 6.37. The third-order valence-electron chi connectivity index (χ3n) is 4.52. The monoisotopic (exact) mass is 367 g/mol. The maximum absolute atomic E-state index is 11.9. The van der Waals surface area contributed by atoms with E-state index in [2.05, 4.69) is 10.3 Å². The third kappa shape index (κ3) is 3.35. The Labute approximate surface area is 156 Å². The van der Waals surface area contributed by atoms with E-state index < -0.39 is 0 Å². The number of anilines is 1. The van der Waals surface area contributed by atoms with E-state index >= 15 is 0 Å². The summed E-state index contributed by atoms with van der Waals surface area (Å²) in [6.07, 6.45) is 3.90. The molecule has 0 bridgehead atoms. The van der Waals surface area contributed by atoms with Gasteiger partial charge in [-0.25, -0.2) is 4.79 Å². The van der Waals surface area contributed by atoms with Gasteiger partial charge in [-0.1, -0.05) is 11.6 Å². The molecule has 1 aliphatic carbocycles. The number of hydrogen-bond acceptors (Lipinski definition) is 5. The Morgan fingerprint density at radius 3 is 2.88 bits per heavy atom. The van der Waals surface area contributed by atoms with E-state index in [1.807, 2.05) is 36.4 Å². The van der Waals surface area contributed by atoms with Gasteiger partial charge in [0, 0.05) is 28.2 Å². The fraction of sp³-hybridized carbons (Fsp3) is 0.250. The molecule has 0 radical (unpaired) electrons. The normalized spacial score (nSPS) is 13.6. The number of hydrogen-bond donors (Lipinski definition) is 1. The number of esters is 1. The van der Waals surface area contributed by atoms with Gasteiger partial charge in [-0.15, -0.1) is 0 Å². The molecule has 1 aliphatic rings. The number of ether oxygens (including phenoxy) is 1. The number of rotatable bonds is 5. The van der Waals surface area contributed by atoms with Crippen molar-refractivity contribution in [3.63, 3.8) is 0 Å². The Bertz CT molecular complexity index is 986. The van der Waals surface area contributed by atoms with Crippen LogP contribution in [0.1, 0.15) is 40.5 Å². The molecule has 0 spiro atoms. The van der Waals surface area contributed by atoms with E-state index in [0.717, 1.165) is 40.8 Å². The quantitative estimate of drug-likeness (QED) is 0.670. The zero-order chi connectivity index (χ0) is 18.1. The SMILES string of the molecule is COC(=O)c1ccc(CNc2ccnc3cc(Cl)ccc23)nc1C1CC1. The van der Waals surface area contributed by atoms with Crippen molar-refractivity contribution in [3.8, 4) is 0 Å². The number of aromatic nitrogens is 2. The van der Waals surface area contributed by atoms with Gasteiger partial charge in [0.15, 0.2) is 0 Å². The maximum atomic E-state index is 11.9. The molecule has 1 saturated carbocycles. The van der Waals surface area contributed by atoms with Crippen LogP contribution in [0.4, 0.5) is 5.69 Å². The summed E-state index contributed by atoms with van der Waals surface area (Å²) in [6.45, 7) is 0.558. The average Bonchev–Trinajstić information content (AvgIpc) is 3.50. The van der Waals surface area contributed by atoms with Crippen LogP contribution < -0.4 is 5.32 Å². The van der Waals surface area contributed by atoms with E-state index in [1.54, 1.807) is 6.20 Å². The molecular weight excluding hydrogens is 350 g/mol. The zero-order valence-corrected chi connectivity index (χ0v) is 15.1. The lowest BCUT2D eigenvalue weighted by atomic mass is 10.1. The Morgan fingerprint density at radius 2 is 2.12 bits per heavy atom. The highest BCUT2D eigenvalue weighted by Gasteiger charge is 2.30. The highest BCUT2D eigenvalue weighted by Crippen LogP contribution is 2.40. The highest BCUT2D eigenvalue weighted by atomic mass is 35.5. The minimum atomic E-state index is -0.323. The predicted octanol–water partition coefficient (Wildman–Crippen LogP) is 4.56. The minimum absolute atomic E-state index is 0.323. The summed E-state index contributed by atoms with van der Waals surface area (Å²) >= 11 is 6.04. The van der Waals surface area contributed by atoms with Gasteiger partial charge >= 0.3 is 5.97 Å². The van der Waals surface area contributed by atoms with Gasteiger partial charge < -0.3 is 10.1 Å². The first-order valence-corrected chi connectivity index (χ1v) is 8.90. The van der Waals surface area contributed by atoms with Crippen molar-refractivity contribution in [1.29, 1.82) is 0 Å². The molecule has 2 aromatic heterocycles. The van der Waals surface area contributed by atoms with Crippen molar-refractivity contribution >= 4 is 34.2 Å². The molecule has 6 heteroatoms. The third-order valence-corrected chi connectivity index (χ3v) is 4.75. The summed E-state index contributed by atoms with van der Waals surface area (Å²) in [6, 6.07) is 11.3. The predicted molar refractivity (Wildman–Crippen MR) is 102 cm³/mol. The zero-order valence-electron chi connectivity index (χ0n) is 14.3. The van der Waals surface area contributed by atoms with Crippen LogP contribution in [0, 0.1) is 0 Å². The van der Waals surface area contributed by atoms with Gasteiger partial charge in [-0.05, 0) is 49.2 Å². The van der Waals surface area contributed by atoms with Crippen LogP contribution in [-0.2, 0) is 11.3 Å². The van der Waals surface area contributed by atoms with E-state index in [9.17, 15) is 4.79 Å². The molecule has 0 amide bonds. The molecule has 5 nitrogen and oxygen atoms in total. The van der Waals surface area contributed by atoms with Crippen molar-refractivity contribution in [3.05, 3.63) is 64.6 Å². The fourth-order valence-electron chi connectivity index (χ4n) is 3.03. The summed E-state index contributed by atoms with van der Waals surface area (Å²) in [5.41, 5.74) is 4.12. The van der Waals surface area contributed by atoms with Crippen LogP contribution in [0.2, 0.25) is 5.02 Å². The molecule has 1 N–H and O–H groups in total. The van der Waals surface area contributed by atoms with E-state index in [4.69, 9.17) is 21.3 Å². The Morgan fingerprint density at radius 1 is 1.27 bits per heavy atom. The average molecular weight is 368 g/mol. The molecule has 1 aromatic carbocycles. The van der Waals surface area contributed by atoms with Gasteiger partial charge in [0.1, 0.15) is 0 Å². The molecular formula is C20H18ClN3O2. The van der Waals surface area contributed by atoms with Crippen LogP contribution in [0.25, 0.3) is 10.9 Å². The van der Waals surface area contributed by atoms with Gasteiger partial charge in [0.05, 0.1) is 36.1 Å². The molecule has 132 valence electrons. The van der Waals surface area contributed by atoms with Crippen molar-refractivity contribution < 1.29 is 9.53 Å². The number of carbonyl (C=O) groups is 1. The largest absolute Gasteiger partial charge is 0.465 e. The number of carbonyl (C=O) groups excluding carboxylic acids is 1. The van der Waals surface area contributed by atoms with E-state index in [-0.39, 0.29) is 5.97 Å². The van der Waals surface area contributed by atoms with Crippen molar-refractivity contribution in [2.75, 3.05) is 12.4 Å². The number of benzene rings is 1. The molecule has 0 atom stereocenters. The molecule has 26 heavy (non-hydrogen) atoms. The maximum Gasteiger partial charge on any atom is 0.339 e. The van der Waals surface area contributed by atoms with Crippen LogP contribution in [0.5, 0.6) is 0 Å². The fourth-order valence-corrected chi connectivity index (χ4v) is 3.19. The van der Waals surface area contributed by atoms with Crippen molar-refractivity contribution in [2.45, 2.75) is 25.3 Å². The van der Waals surface area contributed by atoms with E-state index in [0.29, 0.717) is 23.0 Å². The van der Waals surface area contributed by atoms with Crippen molar-refractivity contribution in [2.24, 2.45) is 0 Å². The number of nitrogens with one attached hydrogen (secondary N) is 1. The van der Waals surface area contributed by atoms with Crippen LogP contribution in [-0.4, -0.2) is 23.0 Å². The lowest BCUT2D eigenvalue weighted by molar-refractivity contribution is 0.0598. The molecule has 1 fully saturated rings. The highest BCUT2D eigenvalue weighted by molar-refractivity contribution is 6.31. The van der Waals surface area contributed by atoms with Gasteiger partial charge in [-0.3, -0.25) is 9.97 Å². The van der Waals surface area contributed by atoms with Gasteiger partial charge in [0.25, 0.3) is 0 Å². The van der Waals surface area contributed by atoms with E-state index in [1.165, 1.54) is 7.11 Å². The van der Waals surface area contributed by atoms with Gasteiger partial charge in [-0.2, -0.15) is 0 Å². The Balaban J connectivity index is 1.59. The number of halogens is 1. The Hall–Kier alpha value is -2.66. The number of pyridine rings is 2. The lowest BCUT2D eigenvalue weighted by Gasteiger charge is -2.12. The number of fused-ring (bicyclic) bond motifs is 1. The Kier molecular flexibility index (Phi) is 4.47. The summed E-state index contributed by atoms with van der Waals surface area (Å²) < 4.78 is 4.87. The molecule has 0 unspecified atom stereocenters. The first kappa shape index (κ1) is 16.8. The van der Waals surface area contributed by atoms with Gasteiger partial charge in [0.2, 0.25) is 0 Å². The number of methoxy groups -OCH3 is 1. The first-order valence-electron chi connectivity index (χ1n) is 8.52. The molecule has 3 aromatic rings. The van der Waals surface area contributed by atoms with Crippen LogP contribution in [0.3, 0.4) is 0 Å². The number of nitrogens with zero attached hydrogens (tertiary/aromatic N) is 2. The molecule has 2 heterocycles. The molecule has 0 saturated heterocycles.